The van der Waals surface area contributed by atoms with E-state index < -0.39 is 0 Å². The minimum Gasteiger partial charge on any atom is -0.480 e. The van der Waals surface area contributed by atoms with E-state index in [1.165, 1.54) is 25.9 Å². The lowest BCUT2D eigenvalue weighted by Crippen LogP contribution is -2.53. The van der Waals surface area contributed by atoms with Gasteiger partial charge in [-0.1, -0.05) is 0 Å². The Bertz CT molecular complexity index is 655. The molecule has 8 nitrogen and oxygen atoms in total. The van der Waals surface area contributed by atoms with Crippen molar-refractivity contribution < 1.29 is 4.74 Å². The molecule has 1 aromatic heterocycles. The van der Waals surface area contributed by atoms with Crippen molar-refractivity contribution in [1.82, 2.24) is 25.1 Å². The Morgan fingerprint density at radius 2 is 2.07 bits per heavy atom. The van der Waals surface area contributed by atoms with E-state index in [-0.39, 0.29) is 24.0 Å². The molecule has 10 heteroatoms. The number of halogens is 2. The van der Waals surface area contributed by atoms with Crippen LogP contribution in [0.2, 0.25) is 0 Å². The van der Waals surface area contributed by atoms with Gasteiger partial charge in [-0.3, -0.25) is 4.99 Å². The number of hydrogen-bond donors (Lipinski definition) is 1. The first-order chi connectivity index (χ1) is 13.1. The molecule has 0 amide bonds. The summed E-state index contributed by atoms with van der Waals surface area (Å²) in [7, 11) is 5.69. The molecule has 2 aliphatic rings. The molecule has 1 atom stereocenters. The van der Waals surface area contributed by atoms with E-state index in [0.717, 1.165) is 43.2 Å². The lowest BCUT2D eigenvalue weighted by Gasteiger charge is -2.37. The van der Waals surface area contributed by atoms with E-state index in [1.54, 1.807) is 13.3 Å². The van der Waals surface area contributed by atoms with Gasteiger partial charge < -0.3 is 24.8 Å². The highest BCUT2D eigenvalue weighted by atomic mass is 127. The summed E-state index contributed by atoms with van der Waals surface area (Å²) in [5.41, 5.74) is 0. The van der Waals surface area contributed by atoms with Crippen molar-refractivity contribution in [1.29, 1.82) is 0 Å². The zero-order valence-corrected chi connectivity index (χ0v) is 20.8. The average molecular weight is 568 g/mol. The van der Waals surface area contributed by atoms with Crippen LogP contribution >= 0.6 is 39.9 Å². The minimum atomic E-state index is 0. The molecule has 0 spiro atoms. The summed E-state index contributed by atoms with van der Waals surface area (Å²) in [6.07, 6.45) is 4.33. The lowest BCUT2D eigenvalue weighted by molar-refractivity contribution is 0.209. The Morgan fingerprint density at radius 3 is 2.71 bits per heavy atom. The second-order valence-corrected chi connectivity index (χ2v) is 8.05. The number of hydrogen-bond acceptors (Lipinski definition) is 6. The first-order valence-corrected chi connectivity index (χ1v) is 10.4. The Hall–Kier alpha value is -0.880. The summed E-state index contributed by atoms with van der Waals surface area (Å²) in [6, 6.07) is 0. The molecule has 1 aromatic rings. The Labute approximate surface area is 193 Å². The highest BCUT2D eigenvalue weighted by molar-refractivity contribution is 14.0. The molecule has 28 heavy (non-hydrogen) atoms. The molecule has 0 aliphatic carbocycles. The molecule has 0 aromatic carbocycles. The van der Waals surface area contributed by atoms with Crippen LogP contribution in [0.15, 0.2) is 15.7 Å². The fraction of sp³-hybridized carbons (Fsp3) is 0.722. The van der Waals surface area contributed by atoms with Crippen LogP contribution < -0.4 is 15.0 Å². The number of nitrogens with one attached hydrogen (secondary N) is 1. The van der Waals surface area contributed by atoms with Crippen LogP contribution in [0.25, 0.3) is 0 Å². The normalized spacial score (nSPS) is 21.3. The summed E-state index contributed by atoms with van der Waals surface area (Å²) < 4.78 is 6.05. The van der Waals surface area contributed by atoms with Crippen molar-refractivity contribution in [3.05, 3.63) is 10.7 Å². The lowest BCUT2D eigenvalue weighted by atomic mass is 9.98. The molecule has 2 saturated heterocycles. The molecule has 0 saturated carbocycles. The van der Waals surface area contributed by atoms with Crippen molar-refractivity contribution in [2.45, 2.75) is 12.8 Å². The fourth-order valence-corrected chi connectivity index (χ4v) is 4.12. The van der Waals surface area contributed by atoms with Gasteiger partial charge in [-0.25, -0.2) is 4.98 Å². The van der Waals surface area contributed by atoms with E-state index in [4.69, 9.17) is 4.74 Å². The van der Waals surface area contributed by atoms with Crippen molar-refractivity contribution >= 4 is 51.8 Å². The minimum absolute atomic E-state index is 0. The summed E-state index contributed by atoms with van der Waals surface area (Å²) in [6.45, 7) is 6.88. The second kappa shape index (κ2) is 11.3. The number of methoxy groups -OCH3 is 1. The Kier molecular flexibility index (Phi) is 9.48. The summed E-state index contributed by atoms with van der Waals surface area (Å²) in [5.74, 6) is 2.97. The molecule has 0 bridgehead atoms. The Balaban J connectivity index is 0.00000280. The molecule has 2 aliphatic heterocycles. The third-order valence-corrected chi connectivity index (χ3v) is 5.78. The maximum absolute atomic E-state index is 5.28. The van der Waals surface area contributed by atoms with E-state index in [0.29, 0.717) is 17.7 Å². The van der Waals surface area contributed by atoms with Gasteiger partial charge in [0.2, 0.25) is 11.8 Å². The molecular formula is C18H31BrIN7O. The first-order valence-electron chi connectivity index (χ1n) is 9.56. The molecule has 3 heterocycles. The van der Waals surface area contributed by atoms with Gasteiger partial charge >= 0.3 is 0 Å². The van der Waals surface area contributed by atoms with Gasteiger partial charge in [-0.15, -0.1) is 24.0 Å². The molecular weight excluding hydrogens is 537 g/mol. The SMILES string of the molecule is CN=C(NCC1CCCN(C)C1)N1CCN(c2ncc(Br)c(OC)n2)CC1.I. The van der Waals surface area contributed by atoms with Crippen molar-refractivity contribution in [3.63, 3.8) is 0 Å². The number of aliphatic imine (C=N–C) groups is 1. The predicted octanol–water partition coefficient (Wildman–Crippen LogP) is 1.90. The van der Waals surface area contributed by atoms with E-state index in [9.17, 15) is 0 Å². The number of guanidine groups is 1. The van der Waals surface area contributed by atoms with Gasteiger partial charge in [0.05, 0.1) is 17.8 Å². The number of nitrogens with zero attached hydrogens (tertiary/aromatic N) is 6. The molecule has 1 unspecified atom stereocenters. The predicted molar refractivity (Wildman–Crippen MR) is 127 cm³/mol. The quantitative estimate of drug-likeness (QED) is 0.338. The van der Waals surface area contributed by atoms with E-state index >= 15 is 0 Å². The van der Waals surface area contributed by atoms with Gasteiger partial charge in [0.25, 0.3) is 0 Å². The number of piperidine rings is 1. The highest BCUT2D eigenvalue weighted by Crippen LogP contribution is 2.24. The summed E-state index contributed by atoms with van der Waals surface area (Å²) in [4.78, 5) is 20.3. The fourth-order valence-electron chi connectivity index (χ4n) is 3.76. The number of likely N-dealkylation sites (tertiary alicyclic amines) is 1. The Morgan fingerprint density at radius 1 is 1.32 bits per heavy atom. The van der Waals surface area contributed by atoms with Crippen LogP contribution in [0.5, 0.6) is 5.88 Å². The number of ether oxygens (including phenoxy) is 1. The van der Waals surface area contributed by atoms with Crippen LogP contribution in [0.4, 0.5) is 5.95 Å². The van der Waals surface area contributed by atoms with Gasteiger partial charge in [0.1, 0.15) is 0 Å². The zero-order chi connectivity index (χ0) is 19.2. The second-order valence-electron chi connectivity index (χ2n) is 7.20. The first kappa shape index (κ1) is 23.4. The van der Waals surface area contributed by atoms with Crippen molar-refractivity contribution in [2.75, 3.05) is 71.9 Å². The third kappa shape index (κ3) is 6.06. The molecule has 158 valence electrons. The van der Waals surface area contributed by atoms with Crippen LogP contribution in [0.3, 0.4) is 0 Å². The van der Waals surface area contributed by atoms with Gasteiger partial charge in [0, 0.05) is 46.3 Å². The molecule has 2 fully saturated rings. The zero-order valence-electron chi connectivity index (χ0n) is 16.9. The van der Waals surface area contributed by atoms with E-state index in [1.807, 2.05) is 7.05 Å². The number of anilines is 1. The van der Waals surface area contributed by atoms with Crippen molar-refractivity contribution in [3.8, 4) is 5.88 Å². The summed E-state index contributed by atoms with van der Waals surface area (Å²) in [5, 5.41) is 3.58. The van der Waals surface area contributed by atoms with Crippen molar-refractivity contribution in [2.24, 2.45) is 10.9 Å². The van der Waals surface area contributed by atoms with E-state index in [2.05, 4.69) is 58.0 Å². The maximum Gasteiger partial charge on any atom is 0.232 e. The maximum atomic E-state index is 5.28. The number of aromatic nitrogens is 2. The smallest absolute Gasteiger partial charge is 0.232 e. The number of piperazine rings is 1. The van der Waals surface area contributed by atoms with Gasteiger partial charge in [-0.05, 0) is 48.3 Å². The van der Waals surface area contributed by atoms with Crippen LogP contribution in [-0.4, -0.2) is 92.7 Å². The monoisotopic (exact) mass is 567 g/mol. The highest BCUT2D eigenvalue weighted by Gasteiger charge is 2.23. The van der Waals surface area contributed by atoms with Gasteiger partial charge in [0.15, 0.2) is 5.96 Å². The molecule has 3 rings (SSSR count). The van der Waals surface area contributed by atoms with Crippen LogP contribution in [-0.2, 0) is 0 Å². The standard InChI is InChI=1S/C18H30BrN7O.HI/c1-20-17(21-11-14-5-4-6-24(2)13-14)25-7-9-26(10-8-25)18-22-12-15(19)16(23-18)27-3;/h12,14H,4-11,13H2,1-3H3,(H,20,21);1H. The third-order valence-electron chi connectivity index (χ3n) is 5.24. The molecule has 1 N–H and O–H groups in total. The van der Waals surface area contributed by atoms with Gasteiger partial charge in [-0.2, -0.15) is 4.98 Å². The largest absolute Gasteiger partial charge is 0.480 e. The average Bonchev–Trinajstić information content (AvgIpc) is 2.69. The topological polar surface area (TPSA) is 69.1 Å². The number of rotatable bonds is 4. The van der Waals surface area contributed by atoms with Crippen LogP contribution in [0, 0.1) is 5.92 Å². The van der Waals surface area contributed by atoms with Crippen LogP contribution in [0.1, 0.15) is 12.8 Å². The summed E-state index contributed by atoms with van der Waals surface area (Å²) >= 11 is 3.40. The molecule has 0 radical (unpaired) electrons.